The summed E-state index contributed by atoms with van der Waals surface area (Å²) in [5.41, 5.74) is 5.04. The van der Waals surface area contributed by atoms with Crippen molar-refractivity contribution in [3.8, 4) is 0 Å². The smallest absolute Gasteiger partial charge is 0.275 e. The minimum absolute atomic E-state index is 0.144. The monoisotopic (exact) mass is 386 g/mol. The van der Waals surface area contributed by atoms with Gasteiger partial charge in [0.25, 0.3) is 5.91 Å². The molecule has 27 heavy (non-hydrogen) atoms. The highest BCUT2D eigenvalue weighted by atomic mass is 35.5. The number of carbonyl (C=O) groups is 1. The van der Waals surface area contributed by atoms with Crippen molar-refractivity contribution in [1.82, 2.24) is 5.32 Å². The Kier molecular flexibility index (Phi) is 6.75. The third-order valence-corrected chi connectivity index (χ3v) is 5.61. The summed E-state index contributed by atoms with van der Waals surface area (Å²) in [5, 5.41) is 3.85. The lowest BCUT2D eigenvalue weighted by molar-refractivity contribution is -0.892. The van der Waals surface area contributed by atoms with Gasteiger partial charge < -0.3 is 15.1 Å². The molecule has 1 fully saturated rings. The first-order chi connectivity index (χ1) is 13.0. The maximum Gasteiger partial charge on any atom is 0.275 e. The predicted molar refractivity (Wildman–Crippen MR) is 112 cm³/mol. The molecule has 0 aromatic heterocycles. The van der Waals surface area contributed by atoms with Gasteiger partial charge in [-0.2, -0.15) is 0 Å². The largest absolute Gasteiger partial charge is 0.360 e. The molecule has 1 heterocycles. The first-order valence-electron chi connectivity index (χ1n) is 9.69. The summed E-state index contributed by atoms with van der Waals surface area (Å²) >= 11 is 6.15. The SMILES string of the molecule is Cc1ccccc1CCNC(=O)C[NH+]1CCN(c2cc(Cl)ccc2C)CC1. The van der Waals surface area contributed by atoms with Crippen LogP contribution in [0.5, 0.6) is 0 Å². The summed E-state index contributed by atoms with van der Waals surface area (Å²) in [6.45, 7) is 9.32. The first kappa shape index (κ1) is 19.7. The van der Waals surface area contributed by atoms with E-state index < -0.39 is 0 Å². The van der Waals surface area contributed by atoms with Gasteiger partial charge in [-0.1, -0.05) is 41.9 Å². The van der Waals surface area contributed by atoms with Gasteiger partial charge in [-0.05, 0) is 49.1 Å². The molecule has 0 unspecified atom stereocenters. The molecule has 1 saturated heterocycles. The van der Waals surface area contributed by atoms with E-state index in [1.165, 1.54) is 27.3 Å². The van der Waals surface area contributed by atoms with Gasteiger partial charge in [0.2, 0.25) is 0 Å². The topological polar surface area (TPSA) is 36.8 Å². The van der Waals surface area contributed by atoms with Gasteiger partial charge in [0, 0.05) is 17.3 Å². The van der Waals surface area contributed by atoms with E-state index in [2.05, 4.69) is 48.3 Å². The van der Waals surface area contributed by atoms with E-state index in [-0.39, 0.29) is 5.91 Å². The molecule has 0 bridgehead atoms. The molecule has 1 aliphatic rings. The van der Waals surface area contributed by atoms with Crippen LogP contribution in [-0.4, -0.2) is 45.2 Å². The van der Waals surface area contributed by atoms with Gasteiger partial charge in [-0.25, -0.2) is 0 Å². The standard InChI is InChI=1S/C22H28ClN3O/c1-17-5-3-4-6-19(17)9-10-24-22(27)16-25-11-13-26(14-12-25)21-15-20(23)8-7-18(21)2/h3-8,15H,9-14,16H2,1-2H3,(H,24,27)/p+1. The Bertz CT molecular complexity index is 785. The lowest BCUT2D eigenvalue weighted by Gasteiger charge is -2.34. The summed E-state index contributed by atoms with van der Waals surface area (Å²) in [7, 11) is 0. The molecule has 1 aliphatic heterocycles. The fraction of sp³-hybridized carbons (Fsp3) is 0.409. The predicted octanol–water partition coefficient (Wildman–Crippen LogP) is 2.02. The molecule has 2 N–H and O–H groups in total. The molecule has 0 aliphatic carbocycles. The van der Waals surface area contributed by atoms with E-state index in [0.29, 0.717) is 13.1 Å². The fourth-order valence-electron chi connectivity index (χ4n) is 3.68. The third-order valence-electron chi connectivity index (χ3n) is 5.37. The number of anilines is 1. The summed E-state index contributed by atoms with van der Waals surface area (Å²) in [6.07, 6.45) is 0.884. The maximum atomic E-state index is 12.3. The molecule has 3 rings (SSSR count). The first-order valence-corrected chi connectivity index (χ1v) is 10.1. The van der Waals surface area contributed by atoms with Crippen LogP contribution in [-0.2, 0) is 11.2 Å². The molecular formula is C22H29ClN3O+. The van der Waals surface area contributed by atoms with E-state index in [1.54, 1.807) is 0 Å². The number of piperazine rings is 1. The number of amides is 1. The van der Waals surface area contributed by atoms with Gasteiger partial charge in [0.15, 0.2) is 6.54 Å². The molecule has 0 spiro atoms. The number of quaternary nitrogens is 1. The van der Waals surface area contributed by atoms with Gasteiger partial charge in [0.05, 0.1) is 26.2 Å². The van der Waals surface area contributed by atoms with Crippen LogP contribution in [0.1, 0.15) is 16.7 Å². The number of hydrogen-bond donors (Lipinski definition) is 2. The molecule has 1 amide bonds. The van der Waals surface area contributed by atoms with Gasteiger partial charge in [-0.3, -0.25) is 4.79 Å². The van der Waals surface area contributed by atoms with Crippen LogP contribution in [0, 0.1) is 13.8 Å². The zero-order valence-corrected chi connectivity index (χ0v) is 17.0. The van der Waals surface area contributed by atoms with Crippen molar-refractivity contribution in [2.24, 2.45) is 0 Å². The maximum absolute atomic E-state index is 12.3. The molecule has 144 valence electrons. The molecular weight excluding hydrogens is 358 g/mol. The van der Waals surface area contributed by atoms with Crippen molar-refractivity contribution >= 4 is 23.2 Å². The van der Waals surface area contributed by atoms with Crippen LogP contribution in [0.25, 0.3) is 0 Å². The Morgan fingerprint density at radius 2 is 1.85 bits per heavy atom. The molecule has 0 saturated carbocycles. The molecule has 0 radical (unpaired) electrons. The molecule has 2 aromatic rings. The van der Waals surface area contributed by atoms with Gasteiger partial charge in [0.1, 0.15) is 0 Å². The minimum atomic E-state index is 0.144. The van der Waals surface area contributed by atoms with E-state index in [4.69, 9.17) is 11.6 Å². The molecule has 4 nitrogen and oxygen atoms in total. The quantitative estimate of drug-likeness (QED) is 0.797. The highest BCUT2D eigenvalue weighted by molar-refractivity contribution is 6.30. The van der Waals surface area contributed by atoms with E-state index in [0.717, 1.165) is 37.6 Å². The second kappa shape index (κ2) is 9.25. The van der Waals surface area contributed by atoms with Crippen LogP contribution < -0.4 is 15.1 Å². The van der Waals surface area contributed by atoms with Crippen molar-refractivity contribution < 1.29 is 9.69 Å². The summed E-state index contributed by atoms with van der Waals surface area (Å²) in [4.78, 5) is 16.0. The molecule has 0 atom stereocenters. The highest BCUT2D eigenvalue weighted by Crippen LogP contribution is 2.24. The fourth-order valence-corrected chi connectivity index (χ4v) is 3.85. The number of aryl methyl sites for hydroxylation is 2. The lowest BCUT2D eigenvalue weighted by Crippen LogP contribution is -3.16. The second-order valence-electron chi connectivity index (χ2n) is 7.37. The number of rotatable bonds is 6. The van der Waals surface area contributed by atoms with Crippen molar-refractivity contribution in [3.05, 3.63) is 64.2 Å². The van der Waals surface area contributed by atoms with Crippen LogP contribution in [0.4, 0.5) is 5.69 Å². The van der Waals surface area contributed by atoms with Crippen molar-refractivity contribution in [3.63, 3.8) is 0 Å². The Hall–Kier alpha value is -2.04. The third kappa shape index (κ3) is 5.47. The van der Waals surface area contributed by atoms with Gasteiger partial charge in [-0.15, -0.1) is 0 Å². The Labute approximate surface area is 167 Å². The average Bonchev–Trinajstić information content (AvgIpc) is 2.66. The van der Waals surface area contributed by atoms with Crippen molar-refractivity contribution in [2.75, 3.05) is 44.2 Å². The van der Waals surface area contributed by atoms with E-state index >= 15 is 0 Å². The van der Waals surface area contributed by atoms with E-state index in [1.807, 2.05) is 18.2 Å². The summed E-state index contributed by atoms with van der Waals surface area (Å²) < 4.78 is 0. The normalized spacial score (nSPS) is 15.0. The minimum Gasteiger partial charge on any atom is -0.360 e. The highest BCUT2D eigenvalue weighted by Gasteiger charge is 2.23. The van der Waals surface area contributed by atoms with Crippen LogP contribution in [0.2, 0.25) is 5.02 Å². The van der Waals surface area contributed by atoms with Gasteiger partial charge >= 0.3 is 0 Å². The van der Waals surface area contributed by atoms with Crippen LogP contribution in [0.15, 0.2) is 42.5 Å². The number of hydrogen-bond acceptors (Lipinski definition) is 2. The van der Waals surface area contributed by atoms with Crippen molar-refractivity contribution in [2.45, 2.75) is 20.3 Å². The Morgan fingerprint density at radius 3 is 2.59 bits per heavy atom. The number of halogens is 1. The Morgan fingerprint density at radius 1 is 1.11 bits per heavy atom. The zero-order chi connectivity index (χ0) is 19.2. The van der Waals surface area contributed by atoms with Crippen LogP contribution in [0.3, 0.4) is 0 Å². The summed E-state index contributed by atoms with van der Waals surface area (Å²) in [5.74, 6) is 0.144. The number of benzene rings is 2. The number of nitrogens with one attached hydrogen (secondary N) is 2. The number of nitrogens with zero attached hydrogens (tertiary/aromatic N) is 1. The molecule has 5 heteroatoms. The number of carbonyl (C=O) groups excluding carboxylic acids is 1. The lowest BCUT2D eigenvalue weighted by atomic mass is 10.1. The van der Waals surface area contributed by atoms with Crippen molar-refractivity contribution in [1.29, 1.82) is 0 Å². The van der Waals surface area contributed by atoms with Crippen LogP contribution >= 0.6 is 11.6 Å². The Balaban J connectivity index is 1.41. The molecule has 2 aromatic carbocycles. The zero-order valence-electron chi connectivity index (χ0n) is 16.2. The van der Waals surface area contributed by atoms with E-state index in [9.17, 15) is 4.79 Å². The summed E-state index contributed by atoms with van der Waals surface area (Å²) in [6, 6.07) is 14.4. The second-order valence-corrected chi connectivity index (χ2v) is 7.81. The average molecular weight is 387 g/mol.